The summed E-state index contributed by atoms with van der Waals surface area (Å²) in [6.45, 7) is 2.00. The number of ether oxygens (including phenoxy) is 3. The average molecular weight is 381 g/mol. The second-order valence-electron chi connectivity index (χ2n) is 6.02. The topological polar surface area (TPSA) is 90.9 Å². The monoisotopic (exact) mass is 381 g/mol. The number of esters is 1. The van der Waals surface area contributed by atoms with Crippen molar-refractivity contribution in [2.75, 3.05) is 18.5 Å². The lowest BCUT2D eigenvalue weighted by molar-refractivity contribution is -0.155. The van der Waals surface area contributed by atoms with Gasteiger partial charge in [0.2, 0.25) is 11.9 Å². The predicted octanol–water partition coefficient (Wildman–Crippen LogP) is 3.00. The van der Waals surface area contributed by atoms with Crippen LogP contribution in [-0.2, 0) is 23.8 Å². The van der Waals surface area contributed by atoms with Gasteiger partial charge >= 0.3 is 5.97 Å². The Balaban J connectivity index is 1.81. The van der Waals surface area contributed by atoms with Crippen LogP contribution in [0.15, 0.2) is 66.6 Å². The van der Waals surface area contributed by atoms with E-state index in [1.165, 1.54) is 13.2 Å². The van der Waals surface area contributed by atoms with E-state index >= 15 is 0 Å². The number of anilines is 1. The van der Waals surface area contributed by atoms with Gasteiger partial charge in [0, 0.05) is 16.8 Å². The molecule has 28 heavy (non-hydrogen) atoms. The van der Waals surface area contributed by atoms with Gasteiger partial charge in [-0.25, -0.2) is 4.79 Å². The average Bonchev–Trinajstić information content (AvgIpc) is 2.73. The molecule has 0 saturated heterocycles. The van der Waals surface area contributed by atoms with Gasteiger partial charge in [-0.05, 0) is 19.1 Å². The van der Waals surface area contributed by atoms with E-state index in [2.05, 4.69) is 5.32 Å². The molecule has 0 spiro atoms. The summed E-state index contributed by atoms with van der Waals surface area (Å²) in [6, 6.07) is 15.1. The highest BCUT2D eigenvalue weighted by Gasteiger charge is 2.28. The van der Waals surface area contributed by atoms with Crippen molar-refractivity contribution in [1.82, 2.24) is 0 Å². The Hall–Kier alpha value is -3.61. The minimum atomic E-state index is -1.21. The third-order valence-electron chi connectivity index (χ3n) is 3.95. The van der Waals surface area contributed by atoms with E-state index < -0.39 is 18.0 Å². The molecule has 3 rings (SSSR count). The number of carbonyl (C=O) groups excluding carboxylic acids is 3. The highest BCUT2D eigenvalue weighted by Crippen LogP contribution is 2.22. The molecule has 1 N–H and O–H groups in total. The van der Waals surface area contributed by atoms with Crippen molar-refractivity contribution in [3.63, 3.8) is 0 Å². The fraction of sp³-hybridized carbons (Fsp3) is 0.190. The van der Waals surface area contributed by atoms with Crippen LogP contribution >= 0.6 is 0 Å². The Morgan fingerprint density at radius 2 is 1.82 bits per heavy atom. The molecule has 0 radical (unpaired) electrons. The minimum absolute atomic E-state index is 0.0986. The maximum atomic E-state index is 12.8. The molecule has 7 nitrogen and oxygen atoms in total. The molecule has 0 aromatic heterocycles. The molecule has 1 aliphatic heterocycles. The second kappa shape index (κ2) is 8.85. The fourth-order valence-corrected chi connectivity index (χ4v) is 2.57. The zero-order valence-corrected chi connectivity index (χ0v) is 15.2. The Labute approximate surface area is 161 Å². The first-order chi connectivity index (χ1) is 13.5. The maximum absolute atomic E-state index is 12.8. The molecule has 0 fully saturated rings. The zero-order valence-electron chi connectivity index (χ0n) is 15.2. The molecular weight excluding hydrogens is 362 g/mol. The van der Waals surface area contributed by atoms with Crippen LogP contribution in [0.3, 0.4) is 0 Å². The van der Waals surface area contributed by atoms with Crippen molar-refractivity contribution in [3.05, 3.63) is 77.7 Å². The fourth-order valence-electron chi connectivity index (χ4n) is 2.57. The molecule has 0 saturated carbocycles. The van der Waals surface area contributed by atoms with Gasteiger partial charge in [-0.1, -0.05) is 42.5 Å². The van der Waals surface area contributed by atoms with Gasteiger partial charge in [-0.2, -0.15) is 0 Å². The van der Waals surface area contributed by atoms with E-state index in [-0.39, 0.29) is 18.1 Å². The molecular formula is C21H19NO6. The van der Waals surface area contributed by atoms with Crippen LogP contribution in [0.5, 0.6) is 0 Å². The Morgan fingerprint density at radius 3 is 2.50 bits per heavy atom. The van der Waals surface area contributed by atoms with Gasteiger partial charge in [0.15, 0.2) is 5.78 Å². The third-order valence-corrected chi connectivity index (χ3v) is 3.95. The number of benzene rings is 2. The van der Waals surface area contributed by atoms with Crippen LogP contribution in [0.25, 0.3) is 0 Å². The van der Waals surface area contributed by atoms with Gasteiger partial charge in [-0.3, -0.25) is 9.59 Å². The molecule has 1 aliphatic rings. The van der Waals surface area contributed by atoms with Crippen molar-refractivity contribution in [2.45, 2.75) is 13.0 Å². The second-order valence-corrected chi connectivity index (χ2v) is 6.02. The first-order valence-electron chi connectivity index (χ1n) is 8.67. The summed E-state index contributed by atoms with van der Waals surface area (Å²) in [4.78, 5) is 36.8. The highest BCUT2D eigenvalue weighted by atomic mass is 16.6. The minimum Gasteiger partial charge on any atom is -0.493 e. The third kappa shape index (κ3) is 4.76. The van der Waals surface area contributed by atoms with Gasteiger partial charge in [0.25, 0.3) is 5.91 Å². The first kappa shape index (κ1) is 19.2. The van der Waals surface area contributed by atoms with E-state index in [1.807, 2.05) is 0 Å². The zero-order chi connectivity index (χ0) is 19.9. The molecule has 0 unspecified atom stereocenters. The van der Waals surface area contributed by atoms with Crippen LogP contribution in [0.4, 0.5) is 5.69 Å². The number of hydrogen-bond donors (Lipinski definition) is 1. The summed E-state index contributed by atoms with van der Waals surface area (Å²) in [6.07, 6.45) is -0.0385. The predicted molar refractivity (Wildman–Crippen MR) is 100 cm³/mol. The molecule has 1 atom stereocenters. The smallest absolute Gasteiger partial charge is 0.378 e. The van der Waals surface area contributed by atoms with E-state index in [0.717, 1.165) is 0 Å². The maximum Gasteiger partial charge on any atom is 0.378 e. The lowest BCUT2D eigenvalue weighted by Crippen LogP contribution is -2.27. The Kier molecular flexibility index (Phi) is 6.06. The molecule has 1 heterocycles. The van der Waals surface area contributed by atoms with E-state index in [9.17, 15) is 14.4 Å². The van der Waals surface area contributed by atoms with E-state index in [4.69, 9.17) is 14.2 Å². The quantitative estimate of drug-likeness (QED) is 0.611. The standard InChI is InChI=1S/C21H19NO6/c1-14(23)16-8-5-9-17(12-16)22-20(24)19(15-6-3-2-4-7-15)28-21(25)18-13-26-10-11-27-18/h2-9,12-13,19H,10-11H2,1H3,(H,22,24)/t19-/m1/s1. The van der Waals surface area contributed by atoms with E-state index in [1.54, 1.807) is 54.6 Å². The van der Waals surface area contributed by atoms with Gasteiger partial charge in [0.05, 0.1) is 0 Å². The molecule has 1 amide bonds. The summed E-state index contributed by atoms with van der Waals surface area (Å²) in [7, 11) is 0. The first-order valence-corrected chi connectivity index (χ1v) is 8.67. The summed E-state index contributed by atoms with van der Waals surface area (Å²) in [5.41, 5.74) is 1.38. The highest BCUT2D eigenvalue weighted by molar-refractivity contribution is 5.99. The van der Waals surface area contributed by atoms with Crippen molar-refractivity contribution < 1.29 is 28.6 Å². The number of Topliss-reactive ketones (excluding diaryl/α,β-unsaturated/α-hetero) is 1. The number of carbonyl (C=O) groups is 3. The lowest BCUT2D eigenvalue weighted by atomic mass is 10.1. The molecule has 0 bridgehead atoms. The number of rotatable bonds is 6. The SMILES string of the molecule is CC(=O)c1cccc(NC(=O)[C@H](OC(=O)C2=COCCO2)c2ccccc2)c1. The van der Waals surface area contributed by atoms with Crippen molar-refractivity contribution in [2.24, 2.45) is 0 Å². The van der Waals surface area contributed by atoms with Crippen molar-refractivity contribution in [3.8, 4) is 0 Å². The molecule has 7 heteroatoms. The Bertz CT molecular complexity index is 906. The number of hydrogen-bond acceptors (Lipinski definition) is 6. The van der Waals surface area contributed by atoms with Crippen LogP contribution in [0, 0.1) is 0 Å². The van der Waals surface area contributed by atoms with Gasteiger partial charge in [-0.15, -0.1) is 0 Å². The van der Waals surface area contributed by atoms with Crippen LogP contribution in [0.2, 0.25) is 0 Å². The van der Waals surface area contributed by atoms with E-state index in [0.29, 0.717) is 23.4 Å². The Morgan fingerprint density at radius 1 is 1.04 bits per heavy atom. The van der Waals surface area contributed by atoms with Gasteiger partial charge < -0.3 is 19.5 Å². The lowest BCUT2D eigenvalue weighted by Gasteiger charge is -2.20. The number of ketones is 1. The number of amides is 1. The van der Waals surface area contributed by atoms with Crippen LogP contribution in [-0.4, -0.2) is 30.9 Å². The molecule has 144 valence electrons. The largest absolute Gasteiger partial charge is 0.493 e. The summed E-state index contributed by atoms with van der Waals surface area (Å²) in [5, 5.41) is 2.68. The normalized spacial score (nSPS) is 14.0. The summed E-state index contributed by atoms with van der Waals surface area (Å²) in [5.74, 6) is -1.58. The van der Waals surface area contributed by atoms with Gasteiger partial charge in [0.1, 0.15) is 19.5 Å². The molecule has 0 aliphatic carbocycles. The molecule has 2 aromatic carbocycles. The molecule has 2 aromatic rings. The summed E-state index contributed by atoms with van der Waals surface area (Å²) < 4.78 is 15.7. The van der Waals surface area contributed by atoms with Crippen molar-refractivity contribution >= 4 is 23.3 Å². The summed E-state index contributed by atoms with van der Waals surface area (Å²) >= 11 is 0. The van der Waals surface area contributed by atoms with Crippen LogP contribution < -0.4 is 5.32 Å². The van der Waals surface area contributed by atoms with Crippen molar-refractivity contribution in [1.29, 1.82) is 0 Å². The van der Waals surface area contributed by atoms with Crippen LogP contribution in [0.1, 0.15) is 28.9 Å². The number of nitrogens with one attached hydrogen (secondary N) is 1.